The van der Waals surface area contributed by atoms with Crippen molar-refractivity contribution in [3.8, 4) is 11.5 Å². The number of para-hydroxylation sites is 1. The molecule has 1 unspecified atom stereocenters. The Kier molecular flexibility index (Phi) is 7.34. The van der Waals surface area contributed by atoms with Crippen LogP contribution in [-0.4, -0.2) is 28.4 Å². The molecule has 0 saturated carbocycles. The minimum Gasteiger partial charge on any atom is -0.457 e. The van der Waals surface area contributed by atoms with Gasteiger partial charge in [0.1, 0.15) is 11.5 Å². The van der Waals surface area contributed by atoms with Crippen LogP contribution >= 0.6 is 0 Å². The molecule has 1 amide bonds. The normalized spacial score (nSPS) is 11.4. The number of carbonyl (C=O) groups excluding carboxylic acids is 2. The zero-order valence-electron chi connectivity index (χ0n) is 16.4. The van der Waals surface area contributed by atoms with Crippen molar-refractivity contribution >= 4 is 28.4 Å². The summed E-state index contributed by atoms with van der Waals surface area (Å²) in [5.41, 5.74) is 0.747. The predicted molar refractivity (Wildman–Crippen MR) is 115 cm³/mol. The fraction of sp³-hybridized carbons (Fsp3) is 0.130. The quantitative estimate of drug-likeness (QED) is 0.543. The molecule has 0 bridgehead atoms. The van der Waals surface area contributed by atoms with Crippen molar-refractivity contribution < 1.29 is 23.3 Å². The van der Waals surface area contributed by atoms with Gasteiger partial charge in [-0.15, -0.1) is 0 Å². The topological polar surface area (TPSA) is 81.7 Å². The summed E-state index contributed by atoms with van der Waals surface area (Å²) in [5.74, 6) is 0.564. The van der Waals surface area contributed by atoms with Gasteiger partial charge in [-0.05, 0) is 48.5 Å². The Bertz CT molecular complexity index is 1030. The molecule has 1 N–H and O–H groups in total. The number of hydrogen-bond donors (Lipinski definition) is 1. The van der Waals surface area contributed by atoms with Crippen molar-refractivity contribution in [1.82, 2.24) is 0 Å². The first-order chi connectivity index (χ1) is 14.6. The van der Waals surface area contributed by atoms with Gasteiger partial charge in [0.15, 0.2) is 6.61 Å². The lowest BCUT2D eigenvalue weighted by molar-refractivity contribution is -0.119. The highest BCUT2D eigenvalue weighted by Gasteiger charge is 2.17. The van der Waals surface area contributed by atoms with E-state index in [9.17, 15) is 13.8 Å². The van der Waals surface area contributed by atoms with Gasteiger partial charge in [-0.3, -0.25) is 9.00 Å². The molecule has 6 nitrogen and oxygen atoms in total. The lowest BCUT2D eigenvalue weighted by Gasteiger charge is -2.10. The molecule has 1 atom stereocenters. The Morgan fingerprint density at radius 1 is 0.867 bits per heavy atom. The van der Waals surface area contributed by atoms with Crippen molar-refractivity contribution in [2.24, 2.45) is 0 Å². The highest BCUT2D eigenvalue weighted by molar-refractivity contribution is 7.85. The monoisotopic (exact) mass is 423 g/mol. The maximum absolute atomic E-state index is 12.3. The number of esters is 1. The minimum absolute atomic E-state index is 0.202. The Balaban J connectivity index is 1.54. The average molecular weight is 423 g/mol. The van der Waals surface area contributed by atoms with Crippen LogP contribution in [0.2, 0.25) is 0 Å². The fourth-order valence-electron chi connectivity index (χ4n) is 2.63. The van der Waals surface area contributed by atoms with E-state index in [1.807, 2.05) is 30.3 Å². The van der Waals surface area contributed by atoms with Crippen LogP contribution in [0.3, 0.4) is 0 Å². The molecule has 3 aromatic carbocycles. The van der Waals surface area contributed by atoms with Gasteiger partial charge in [0, 0.05) is 11.4 Å². The van der Waals surface area contributed by atoms with Crippen LogP contribution in [0.1, 0.15) is 17.3 Å². The average Bonchev–Trinajstić information content (AvgIpc) is 2.79. The third-order valence-electron chi connectivity index (χ3n) is 4.07. The predicted octanol–water partition coefficient (Wildman–Crippen LogP) is 4.40. The molecule has 7 heteroatoms. The summed E-state index contributed by atoms with van der Waals surface area (Å²) in [6.07, 6.45) is 0. The van der Waals surface area contributed by atoms with Crippen molar-refractivity contribution in [2.45, 2.75) is 11.8 Å². The van der Waals surface area contributed by atoms with Crippen LogP contribution in [0, 0.1) is 0 Å². The lowest BCUT2D eigenvalue weighted by Crippen LogP contribution is -2.21. The summed E-state index contributed by atoms with van der Waals surface area (Å²) >= 11 is 0. The highest BCUT2D eigenvalue weighted by Crippen LogP contribution is 2.22. The molecule has 0 aliphatic rings. The fourth-order valence-corrected chi connectivity index (χ4v) is 3.56. The first-order valence-corrected chi connectivity index (χ1v) is 10.7. The molecule has 0 radical (unpaired) electrons. The number of ether oxygens (including phenoxy) is 2. The summed E-state index contributed by atoms with van der Waals surface area (Å²) in [6, 6.07) is 22.7. The van der Waals surface area contributed by atoms with Crippen molar-refractivity contribution in [3.05, 3.63) is 84.4 Å². The Hall–Kier alpha value is -3.45. The van der Waals surface area contributed by atoms with Crippen molar-refractivity contribution in [2.75, 3.05) is 17.7 Å². The summed E-state index contributed by atoms with van der Waals surface area (Å²) in [5, 5.41) is 2.66. The number of anilines is 1. The van der Waals surface area contributed by atoms with Gasteiger partial charge < -0.3 is 14.8 Å². The van der Waals surface area contributed by atoms with Crippen LogP contribution in [-0.2, 0) is 20.3 Å². The van der Waals surface area contributed by atoms with Gasteiger partial charge in [0.05, 0.1) is 21.3 Å². The Morgan fingerprint density at radius 2 is 1.50 bits per heavy atom. The second-order valence-corrected chi connectivity index (χ2v) is 7.90. The van der Waals surface area contributed by atoms with E-state index in [2.05, 4.69) is 5.32 Å². The summed E-state index contributed by atoms with van der Waals surface area (Å²) in [7, 11) is -1.30. The molecule has 0 aliphatic heterocycles. The van der Waals surface area contributed by atoms with E-state index in [4.69, 9.17) is 9.47 Å². The van der Waals surface area contributed by atoms with E-state index in [0.29, 0.717) is 27.8 Å². The Labute approximate surface area is 177 Å². The maximum Gasteiger partial charge on any atom is 0.339 e. The van der Waals surface area contributed by atoms with E-state index >= 15 is 0 Å². The van der Waals surface area contributed by atoms with E-state index < -0.39 is 29.3 Å². The molecular weight excluding hydrogens is 402 g/mol. The van der Waals surface area contributed by atoms with Gasteiger partial charge in [0.25, 0.3) is 5.91 Å². The summed E-state index contributed by atoms with van der Waals surface area (Å²) in [6.45, 7) is 1.32. The smallest absolute Gasteiger partial charge is 0.339 e. The van der Waals surface area contributed by atoms with Gasteiger partial charge in [0.2, 0.25) is 0 Å². The zero-order valence-corrected chi connectivity index (χ0v) is 17.2. The summed E-state index contributed by atoms with van der Waals surface area (Å²) in [4.78, 5) is 24.8. The SMILES string of the molecule is CCS(=O)c1ccccc1C(=O)OCC(=O)Nc1ccc(Oc2ccccc2)cc1. The van der Waals surface area contributed by atoms with E-state index in [1.54, 1.807) is 49.4 Å². The molecular formula is C23H21NO5S. The van der Waals surface area contributed by atoms with Gasteiger partial charge in [-0.25, -0.2) is 4.79 Å². The van der Waals surface area contributed by atoms with Crippen LogP contribution in [0.5, 0.6) is 11.5 Å². The molecule has 3 rings (SSSR count). The van der Waals surface area contributed by atoms with Crippen LogP contribution < -0.4 is 10.1 Å². The molecule has 0 aromatic heterocycles. The number of hydrogen-bond acceptors (Lipinski definition) is 5. The number of amides is 1. The van der Waals surface area contributed by atoms with Crippen molar-refractivity contribution in [1.29, 1.82) is 0 Å². The maximum atomic E-state index is 12.3. The van der Waals surface area contributed by atoms with Gasteiger partial charge in [-0.1, -0.05) is 37.3 Å². The molecule has 0 saturated heterocycles. The van der Waals surface area contributed by atoms with Crippen LogP contribution in [0.4, 0.5) is 5.69 Å². The third-order valence-corrected chi connectivity index (χ3v) is 5.44. The number of benzene rings is 3. The molecule has 0 fully saturated rings. The minimum atomic E-state index is -1.30. The molecule has 0 heterocycles. The first-order valence-electron chi connectivity index (χ1n) is 9.34. The van der Waals surface area contributed by atoms with Gasteiger partial charge >= 0.3 is 5.97 Å². The number of rotatable bonds is 8. The first kappa shape index (κ1) is 21.3. The highest BCUT2D eigenvalue weighted by atomic mass is 32.2. The van der Waals surface area contributed by atoms with E-state index in [1.165, 1.54) is 6.07 Å². The lowest BCUT2D eigenvalue weighted by atomic mass is 10.2. The number of nitrogens with one attached hydrogen (secondary N) is 1. The standard InChI is InChI=1S/C23H21NO5S/c1-2-30(27)21-11-7-6-10-20(21)23(26)28-16-22(25)24-17-12-14-19(15-13-17)29-18-8-4-3-5-9-18/h3-15H,2,16H2,1H3,(H,24,25). The second-order valence-electron chi connectivity index (χ2n) is 6.19. The number of carbonyl (C=O) groups is 2. The van der Waals surface area contributed by atoms with Gasteiger partial charge in [-0.2, -0.15) is 0 Å². The third kappa shape index (κ3) is 5.78. The largest absolute Gasteiger partial charge is 0.457 e. The zero-order chi connectivity index (χ0) is 21.3. The second kappa shape index (κ2) is 10.4. The van der Waals surface area contributed by atoms with Crippen molar-refractivity contribution in [3.63, 3.8) is 0 Å². The van der Waals surface area contributed by atoms with Crippen LogP contribution in [0.15, 0.2) is 83.8 Å². The molecule has 0 aliphatic carbocycles. The summed E-state index contributed by atoms with van der Waals surface area (Å²) < 4.78 is 22.9. The van der Waals surface area contributed by atoms with E-state index in [0.717, 1.165) is 0 Å². The Morgan fingerprint density at radius 3 is 2.20 bits per heavy atom. The molecule has 0 spiro atoms. The molecule has 3 aromatic rings. The van der Waals surface area contributed by atoms with Crippen LogP contribution in [0.25, 0.3) is 0 Å². The molecule has 154 valence electrons. The molecule has 30 heavy (non-hydrogen) atoms. The van der Waals surface area contributed by atoms with E-state index in [-0.39, 0.29) is 5.56 Å².